The number of hydrogen-bond donors (Lipinski definition) is 1. The highest BCUT2D eigenvalue weighted by Gasteiger charge is 2.17. The van der Waals surface area contributed by atoms with Crippen LogP contribution in [-0.4, -0.2) is 21.0 Å². The second-order valence-electron chi connectivity index (χ2n) is 4.36. The zero-order valence-electron chi connectivity index (χ0n) is 10.5. The molecule has 0 atom stereocenters. The first-order valence-electron chi connectivity index (χ1n) is 6.01. The molecule has 0 saturated heterocycles. The van der Waals surface area contributed by atoms with Crippen LogP contribution in [0.25, 0.3) is 22.3 Å². The summed E-state index contributed by atoms with van der Waals surface area (Å²) in [5.74, 6) is -3.05. The molecule has 2 heterocycles. The highest BCUT2D eigenvalue weighted by molar-refractivity contribution is 6.03. The molecule has 0 radical (unpaired) electrons. The van der Waals surface area contributed by atoms with Gasteiger partial charge in [-0.05, 0) is 24.3 Å². The van der Waals surface area contributed by atoms with Crippen molar-refractivity contribution in [3.8, 4) is 11.4 Å². The Morgan fingerprint density at radius 2 is 1.90 bits per heavy atom. The molecule has 21 heavy (non-hydrogen) atoms. The molecule has 0 aliphatic carbocycles. The number of aromatic carboxylic acids is 1. The first-order chi connectivity index (χ1) is 10.1. The molecule has 2 aromatic heterocycles. The third-order valence-electron chi connectivity index (χ3n) is 2.99. The van der Waals surface area contributed by atoms with Gasteiger partial charge in [0.05, 0.1) is 17.0 Å². The third kappa shape index (κ3) is 2.31. The summed E-state index contributed by atoms with van der Waals surface area (Å²) >= 11 is 0. The summed E-state index contributed by atoms with van der Waals surface area (Å²) in [6.45, 7) is 0. The van der Waals surface area contributed by atoms with Crippen molar-refractivity contribution in [1.82, 2.24) is 9.97 Å². The van der Waals surface area contributed by atoms with E-state index < -0.39 is 17.6 Å². The smallest absolute Gasteiger partial charge is 0.336 e. The van der Waals surface area contributed by atoms with Crippen molar-refractivity contribution in [3.05, 3.63) is 59.8 Å². The molecule has 1 N–H and O–H groups in total. The highest BCUT2D eigenvalue weighted by atomic mass is 19.1. The topological polar surface area (TPSA) is 63.1 Å². The highest BCUT2D eigenvalue weighted by Crippen LogP contribution is 2.26. The van der Waals surface area contributed by atoms with Crippen LogP contribution in [0.4, 0.5) is 8.78 Å². The molecule has 0 unspecified atom stereocenters. The van der Waals surface area contributed by atoms with Crippen molar-refractivity contribution in [1.29, 1.82) is 0 Å². The van der Waals surface area contributed by atoms with Crippen LogP contribution in [0.2, 0.25) is 0 Å². The lowest BCUT2D eigenvalue weighted by Gasteiger charge is -2.07. The van der Waals surface area contributed by atoms with E-state index in [1.165, 1.54) is 12.3 Å². The average Bonchev–Trinajstić information content (AvgIpc) is 2.47. The number of fused-ring (bicyclic) bond motifs is 1. The Labute approximate surface area is 117 Å². The molecule has 0 aliphatic heterocycles. The maximum atomic E-state index is 13.9. The van der Waals surface area contributed by atoms with E-state index in [4.69, 9.17) is 0 Å². The lowest BCUT2D eigenvalue weighted by molar-refractivity contribution is 0.0699. The summed E-state index contributed by atoms with van der Waals surface area (Å²) in [5, 5.41) is 9.16. The summed E-state index contributed by atoms with van der Waals surface area (Å²) in [7, 11) is 0. The Morgan fingerprint density at radius 3 is 2.57 bits per heavy atom. The molecule has 104 valence electrons. The monoisotopic (exact) mass is 286 g/mol. The minimum atomic E-state index is -1.29. The van der Waals surface area contributed by atoms with Crippen LogP contribution >= 0.6 is 0 Å². The third-order valence-corrected chi connectivity index (χ3v) is 2.99. The van der Waals surface area contributed by atoms with Crippen LogP contribution in [0.5, 0.6) is 0 Å². The maximum Gasteiger partial charge on any atom is 0.336 e. The number of nitrogens with zero attached hydrogens (tertiary/aromatic N) is 2. The minimum absolute atomic E-state index is 0.0836. The fourth-order valence-corrected chi connectivity index (χ4v) is 2.07. The summed E-state index contributed by atoms with van der Waals surface area (Å²) in [6, 6.07) is 7.90. The van der Waals surface area contributed by atoms with Crippen molar-refractivity contribution in [2.45, 2.75) is 0 Å². The van der Waals surface area contributed by atoms with Crippen LogP contribution in [0.15, 0.2) is 42.6 Å². The first-order valence-corrected chi connectivity index (χ1v) is 6.01. The molecule has 0 saturated carbocycles. The van der Waals surface area contributed by atoms with Gasteiger partial charge in [0, 0.05) is 17.6 Å². The molecule has 0 aliphatic rings. The zero-order valence-corrected chi connectivity index (χ0v) is 10.5. The lowest BCUT2D eigenvalue weighted by atomic mass is 10.1. The Balaban J connectivity index is 2.38. The van der Waals surface area contributed by atoms with Gasteiger partial charge >= 0.3 is 5.97 Å². The van der Waals surface area contributed by atoms with E-state index in [9.17, 15) is 18.7 Å². The van der Waals surface area contributed by atoms with E-state index in [1.807, 2.05) is 0 Å². The lowest BCUT2D eigenvalue weighted by Crippen LogP contribution is -2.02. The van der Waals surface area contributed by atoms with Crippen LogP contribution < -0.4 is 0 Å². The number of carboxylic acid groups (broad SMARTS) is 1. The van der Waals surface area contributed by atoms with Crippen LogP contribution in [-0.2, 0) is 0 Å². The summed E-state index contributed by atoms with van der Waals surface area (Å²) in [5.41, 5.74) is 0.202. The van der Waals surface area contributed by atoms with Gasteiger partial charge in [-0.2, -0.15) is 0 Å². The Kier molecular flexibility index (Phi) is 3.06. The molecule has 0 fully saturated rings. The van der Waals surface area contributed by atoms with Gasteiger partial charge < -0.3 is 5.11 Å². The molecule has 0 spiro atoms. The quantitative estimate of drug-likeness (QED) is 0.785. The van der Waals surface area contributed by atoms with Gasteiger partial charge in [0.15, 0.2) is 5.82 Å². The number of aromatic nitrogens is 2. The largest absolute Gasteiger partial charge is 0.478 e. The fourth-order valence-electron chi connectivity index (χ4n) is 2.07. The SMILES string of the molecule is O=C(O)c1cc(-c2ccccn2)nc2c(F)cc(F)cc12. The predicted molar refractivity (Wildman–Crippen MR) is 71.8 cm³/mol. The minimum Gasteiger partial charge on any atom is -0.478 e. The summed E-state index contributed by atoms with van der Waals surface area (Å²) in [6.07, 6.45) is 1.52. The molecule has 0 bridgehead atoms. The second-order valence-corrected chi connectivity index (χ2v) is 4.36. The van der Waals surface area contributed by atoms with Crippen LogP contribution in [0, 0.1) is 11.6 Å². The van der Waals surface area contributed by atoms with E-state index in [1.54, 1.807) is 18.2 Å². The Hall–Kier alpha value is -2.89. The fraction of sp³-hybridized carbons (Fsp3) is 0. The van der Waals surface area contributed by atoms with Gasteiger partial charge in [0.2, 0.25) is 0 Å². The second kappa shape index (κ2) is 4.90. The normalized spacial score (nSPS) is 10.8. The van der Waals surface area contributed by atoms with Crippen molar-refractivity contribution < 1.29 is 18.7 Å². The molecular weight excluding hydrogens is 278 g/mol. The van der Waals surface area contributed by atoms with E-state index >= 15 is 0 Å². The van der Waals surface area contributed by atoms with E-state index in [0.717, 1.165) is 6.07 Å². The van der Waals surface area contributed by atoms with Crippen molar-refractivity contribution in [3.63, 3.8) is 0 Å². The van der Waals surface area contributed by atoms with Gasteiger partial charge in [0.25, 0.3) is 0 Å². The van der Waals surface area contributed by atoms with Gasteiger partial charge in [0.1, 0.15) is 11.3 Å². The van der Waals surface area contributed by atoms with Crippen LogP contribution in [0.3, 0.4) is 0 Å². The zero-order chi connectivity index (χ0) is 15.0. The van der Waals surface area contributed by atoms with Crippen molar-refractivity contribution in [2.75, 3.05) is 0 Å². The molecule has 4 nitrogen and oxygen atoms in total. The molecule has 6 heteroatoms. The van der Waals surface area contributed by atoms with Crippen molar-refractivity contribution in [2.24, 2.45) is 0 Å². The number of rotatable bonds is 2. The van der Waals surface area contributed by atoms with E-state index in [2.05, 4.69) is 9.97 Å². The molecule has 3 rings (SSSR count). The van der Waals surface area contributed by atoms with Gasteiger partial charge in [-0.1, -0.05) is 6.07 Å². The molecule has 1 aromatic carbocycles. The number of carboxylic acids is 1. The predicted octanol–water partition coefficient (Wildman–Crippen LogP) is 3.27. The van der Waals surface area contributed by atoms with E-state index in [-0.39, 0.29) is 22.2 Å². The summed E-state index contributed by atoms with van der Waals surface area (Å²) in [4.78, 5) is 19.4. The van der Waals surface area contributed by atoms with E-state index in [0.29, 0.717) is 11.8 Å². The molecule has 3 aromatic rings. The number of hydrogen-bond acceptors (Lipinski definition) is 3. The van der Waals surface area contributed by atoms with Crippen molar-refractivity contribution >= 4 is 16.9 Å². The number of pyridine rings is 2. The maximum absolute atomic E-state index is 13.9. The molecule has 0 amide bonds. The average molecular weight is 286 g/mol. The number of benzene rings is 1. The van der Waals surface area contributed by atoms with Gasteiger partial charge in [-0.25, -0.2) is 18.6 Å². The van der Waals surface area contributed by atoms with Gasteiger partial charge in [-0.15, -0.1) is 0 Å². The Bertz CT molecular complexity index is 851. The number of halogens is 2. The summed E-state index contributed by atoms with van der Waals surface area (Å²) < 4.78 is 27.2. The molecular formula is C15H8F2N2O2. The van der Waals surface area contributed by atoms with Gasteiger partial charge in [-0.3, -0.25) is 4.98 Å². The first kappa shape index (κ1) is 13.1. The Morgan fingerprint density at radius 1 is 1.10 bits per heavy atom. The standard InChI is InChI=1S/C15H8F2N2O2/c16-8-5-9-10(15(20)21)7-13(12-3-1-2-4-18-12)19-14(9)11(17)6-8/h1-7H,(H,20,21). The van der Waals surface area contributed by atoms with Crippen LogP contribution in [0.1, 0.15) is 10.4 Å². The number of carbonyl (C=O) groups is 1.